The lowest BCUT2D eigenvalue weighted by Gasteiger charge is -2.31. The van der Waals surface area contributed by atoms with E-state index in [-0.39, 0.29) is 41.0 Å². The van der Waals surface area contributed by atoms with Crippen molar-refractivity contribution in [2.45, 2.75) is 56.0 Å². The Morgan fingerprint density at radius 3 is 3.10 bits per heavy atom. The summed E-state index contributed by atoms with van der Waals surface area (Å²) in [4.78, 5) is 17.3. The summed E-state index contributed by atoms with van der Waals surface area (Å²) in [6, 6.07) is 0.299. The average molecular weight is 452 g/mol. The lowest BCUT2D eigenvalue weighted by molar-refractivity contribution is 0.107. The highest BCUT2D eigenvalue weighted by atomic mass is 35.5. The largest absolute Gasteiger partial charge is 0.461 e. The first-order chi connectivity index (χ1) is 15.0. The number of halogens is 3. The number of nitrogens with zero attached hydrogens (tertiary/aromatic N) is 5. The molecule has 2 aromatic rings. The molecular weight excluding hydrogens is 428 g/mol. The van der Waals surface area contributed by atoms with Gasteiger partial charge in [0.15, 0.2) is 11.0 Å². The van der Waals surface area contributed by atoms with Gasteiger partial charge in [0.2, 0.25) is 0 Å². The van der Waals surface area contributed by atoms with Crippen molar-refractivity contribution in [3.63, 3.8) is 0 Å². The van der Waals surface area contributed by atoms with E-state index in [4.69, 9.17) is 21.1 Å². The van der Waals surface area contributed by atoms with Crippen LogP contribution in [0.1, 0.15) is 32.1 Å². The smallest absolute Gasteiger partial charge is 0.319 e. The predicted molar refractivity (Wildman–Crippen MR) is 111 cm³/mol. The van der Waals surface area contributed by atoms with Crippen LogP contribution in [0.4, 0.5) is 14.6 Å². The molecule has 6 rings (SSSR count). The minimum atomic E-state index is -0.844. The van der Waals surface area contributed by atoms with E-state index in [0.717, 1.165) is 38.8 Å². The Labute approximate surface area is 183 Å². The Balaban J connectivity index is 1.37. The molecule has 0 bridgehead atoms. The highest BCUT2D eigenvalue weighted by Crippen LogP contribution is 2.42. The van der Waals surface area contributed by atoms with Gasteiger partial charge in [0.1, 0.15) is 24.1 Å². The minimum Gasteiger partial charge on any atom is -0.461 e. The maximum Gasteiger partial charge on any atom is 0.319 e. The van der Waals surface area contributed by atoms with Crippen LogP contribution < -0.4 is 9.64 Å². The van der Waals surface area contributed by atoms with Gasteiger partial charge in [-0.3, -0.25) is 4.90 Å². The summed E-state index contributed by atoms with van der Waals surface area (Å²) in [5.41, 5.74) is -0.234. The first kappa shape index (κ1) is 19.8. The molecule has 2 aromatic heterocycles. The Morgan fingerprint density at radius 2 is 2.19 bits per heavy atom. The normalized spacial score (nSPS) is 32.7. The van der Waals surface area contributed by atoms with E-state index < -0.39 is 12.0 Å². The fraction of sp³-hybridized carbons (Fsp3) is 0.667. The van der Waals surface area contributed by atoms with Crippen molar-refractivity contribution in [1.29, 1.82) is 0 Å². The molecule has 0 spiro atoms. The molecule has 5 heterocycles. The van der Waals surface area contributed by atoms with Gasteiger partial charge >= 0.3 is 6.01 Å². The van der Waals surface area contributed by atoms with Crippen molar-refractivity contribution < 1.29 is 18.3 Å². The fourth-order valence-electron chi connectivity index (χ4n) is 5.50. The molecule has 3 aliphatic heterocycles. The molecule has 4 atom stereocenters. The van der Waals surface area contributed by atoms with E-state index in [1.54, 1.807) is 0 Å². The van der Waals surface area contributed by atoms with Crippen molar-refractivity contribution in [1.82, 2.24) is 19.9 Å². The lowest BCUT2D eigenvalue weighted by atomic mass is 9.95. The van der Waals surface area contributed by atoms with Crippen molar-refractivity contribution in [3.8, 4) is 6.01 Å². The van der Waals surface area contributed by atoms with Gasteiger partial charge < -0.3 is 14.4 Å². The van der Waals surface area contributed by atoms with Crippen LogP contribution in [0.25, 0.3) is 10.9 Å². The van der Waals surface area contributed by atoms with Gasteiger partial charge in [-0.25, -0.2) is 13.8 Å². The SMILES string of the molecule is Fc1c(Cl)ncc2c(N3CCCO[C@@H]4C[C@@H]43)nc(OC[C@@]34CCCN3C[C@H](F)C4)nc12. The van der Waals surface area contributed by atoms with Gasteiger partial charge in [0.25, 0.3) is 0 Å². The van der Waals surface area contributed by atoms with E-state index in [9.17, 15) is 8.78 Å². The van der Waals surface area contributed by atoms with Gasteiger partial charge in [-0.05, 0) is 32.2 Å². The predicted octanol–water partition coefficient (Wildman–Crippen LogP) is 3.14. The number of aromatic nitrogens is 3. The van der Waals surface area contributed by atoms with Gasteiger partial charge in [-0.2, -0.15) is 9.97 Å². The highest BCUT2D eigenvalue weighted by Gasteiger charge is 2.49. The second kappa shape index (κ2) is 7.35. The lowest BCUT2D eigenvalue weighted by Crippen LogP contribution is -2.43. The third kappa shape index (κ3) is 3.32. The van der Waals surface area contributed by atoms with E-state index in [1.165, 1.54) is 6.20 Å². The second-order valence-electron chi connectivity index (χ2n) is 9.08. The minimum absolute atomic E-state index is 0.0922. The molecule has 1 aliphatic carbocycles. The van der Waals surface area contributed by atoms with Crippen LogP contribution in [0, 0.1) is 5.82 Å². The number of anilines is 1. The zero-order valence-corrected chi connectivity index (χ0v) is 17.8. The van der Waals surface area contributed by atoms with Crippen LogP contribution >= 0.6 is 11.6 Å². The third-order valence-corrected chi connectivity index (χ3v) is 7.34. The Morgan fingerprint density at radius 1 is 1.29 bits per heavy atom. The number of pyridine rings is 1. The summed E-state index contributed by atoms with van der Waals surface area (Å²) in [7, 11) is 0. The zero-order valence-electron chi connectivity index (χ0n) is 17.1. The molecule has 0 aromatic carbocycles. The van der Waals surface area contributed by atoms with E-state index in [2.05, 4.69) is 24.8 Å². The van der Waals surface area contributed by atoms with Crippen LogP contribution in [0.2, 0.25) is 5.15 Å². The van der Waals surface area contributed by atoms with Crippen LogP contribution in [0.15, 0.2) is 6.20 Å². The van der Waals surface area contributed by atoms with Crippen molar-refractivity contribution in [2.75, 3.05) is 37.7 Å². The standard InChI is InChI=1S/C21H24ClF2N5O2/c22-18-16(24)17-13(9-25-18)19(29-5-2-6-30-15-7-14(15)29)27-20(26-17)31-11-21-3-1-4-28(21)10-12(23)8-21/h9,12,14-15H,1-8,10-11H2/t12-,14+,15-,21+/m1/s1. The van der Waals surface area contributed by atoms with Crippen molar-refractivity contribution in [3.05, 3.63) is 17.2 Å². The summed E-state index contributed by atoms with van der Waals surface area (Å²) in [6.07, 6.45) is 4.97. The molecule has 1 saturated carbocycles. The van der Waals surface area contributed by atoms with Gasteiger partial charge in [-0.1, -0.05) is 11.6 Å². The Kier molecular flexibility index (Phi) is 4.70. The molecule has 4 aliphatic rings. The Bertz CT molecular complexity index is 1030. The highest BCUT2D eigenvalue weighted by molar-refractivity contribution is 6.30. The summed E-state index contributed by atoms with van der Waals surface area (Å²) in [5.74, 6) is -0.0898. The summed E-state index contributed by atoms with van der Waals surface area (Å²) < 4.78 is 40.8. The average Bonchev–Trinajstić information content (AvgIpc) is 3.36. The maximum absolute atomic E-state index is 14.9. The quantitative estimate of drug-likeness (QED) is 0.662. The maximum atomic E-state index is 14.9. The molecule has 31 heavy (non-hydrogen) atoms. The number of fused-ring (bicyclic) bond motifs is 3. The molecule has 3 saturated heterocycles. The number of rotatable bonds is 4. The van der Waals surface area contributed by atoms with Crippen LogP contribution in [0.5, 0.6) is 6.01 Å². The summed E-state index contributed by atoms with van der Waals surface area (Å²) >= 11 is 5.94. The van der Waals surface area contributed by atoms with E-state index >= 15 is 0 Å². The topological polar surface area (TPSA) is 63.6 Å². The third-order valence-electron chi connectivity index (χ3n) is 7.08. The fourth-order valence-corrected chi connectivity index (χ4v) is 5.63. The number of hydrogen-bond acceptors (Lipinski definition) is 7. The van der Waals surface area contributed by atoms with Gasteiger partial charge in [0.05, 0.1) is 23.1 Å². The molecule has 0 radical (unpaired) electrons. The van der Waals surface area contributed by atoms with Crippen LogP contribution in [-0.2, 0) is 4.74 Å². The molecule has 7 nitrogen and oxygen atoms in total. The van der Waals surface area contributed by atoms with Crippen LogP contribution in [0.3, 0.4) is 0 Å². The molecule has 0 N–H and O–H groups in total. The van der Waals surface area contributed by atoms with E-state index in [0.29, 0.717) is 30.8 Å². The van der Waals surface area contributed by atoms with Crippen molar-refractivity contribution in [2.24, 2.45) is 0 Å². The molecular formula is C21H24ClF2N5O2. The molecule has 166 valence electrons. The number of ether oxygens (including phenoxy) is 2. The number of hydrogen-bond donors (Lipinski definition) is 0. The summed E-state index contributed by atoms with van der Waals surface area (Å²) in [6.45, 7) is 3.05. The zero-order chi connectivity index (χ0) is 21.2. The molecule has 0 amide bonds. The monoisotopic (exact) mass is 451 g/mol. The molecule has 4 fully saturated rings. The van der Waals surface area contributed by atoms with Crippen LogP contribution in [-0.4, -0.2) is 76.6 Å². The second-order valence-corrected chi connectivity index (χ2v) is 9.44. The van der Waals surface area contributed by atoms with Gasteiger partial charge in [0, 0.05) is 32.3 Å². The molecule has 10 heteroatoms. The molecule has 0 unspecified atom stereocenters. The van der Waals surface area contributed by atoms with Gasteiger partial charge in [-0.15, -0.1) is 0 Å². The first-order valence-electron chi connectivity index (χ1n) is 11.0. The number of alkyl halides is 1. The van der Waals surface area contributed by atoms with E-state index in [1.807, 2.05) is 0 Å². The van der Waals surface area contributed by atoms with Crippen molar-refractivity contribution >= 4 is 28.3 Å². The first-order valence-corrected chi connectivity index (χ1v) is 11.3. The Hall–Kier alpha value is -1.84. The summed E-state index contributed by atoms with van der Waals surface area (Å²) in [5, 5.41) is 0.273.